The molecule has 0 atom stereocenters. The molecule has 31 heavy (non-hydrogen) atoms. The SMILES string of the molecule is CCCC1=NN2C(=N)/C(=C/c3cc(C)n(-c4ccccc4OCC)c3C)C(=O)N=C2S1. The molecule has 2 aliphatic heterocycles. The number of benzene rings is 1. The fourth-order valence-electron chi connectivity index (χ4n) is 3.73. The number of fused-ring (bicyclic) bond motifs is 1. The van der Waals surface area contributed by atoms with Crippen molar-refractivity contribution in [2.24, 2.45) is 10.1 Å². The van der Waals surface area contributed by atoms with E-state index in [9.17, 15) is 4.79 Å². The van der Waals surface area contributed by atoms with Crippen molar-refractivity contribution in [3.8, 4) is 11.4 Å². The topological polar surface area (TPSA) is 83.0 Å². The first-order valence-electron chi connectivity index (χ1n) is 10.3. The van der Waals surface area contributed by atoms with Crippen molar-refractivity contribution in [1.82, 2.24) is 9.58 Å². The molecule has 7 nitrogen and oxygen atoms in total. The molecule has 1 N–H and O–H groups in total. The monoisotopic (exact) mass is 435 g/mol. The third-order valence-corrected chi connectivity index (χ3v) is 6.10. The van der Waals surface area contributed by atoms with Crippen molar-refractivity contribution in [2.45, 2.75) is 40.5 Å². The molecule has 2 aromatic rings. The van der Waals surface area contributed by atoms with Crippen LogP contribution in [0.3, 0.4) is 0 Å². The maximum absolute atomic E-state index is 12.7. The number of amidine groups is 2. The van der Waals surface area contributed by atoms with Crippen LogP contribution < -0.4 is 4.74 Å². The number of aliphatic imine (C=N–C) groups is 1. The lowest BCUT2D eigenvalue weighted by molar-refractivity contribution is -0.114. The minimum Gasteiger partial charge on any atom is -0.492 e. The van der Waals surface area contributed by atoms with E-state index in [1.165, 1.54) is 16.8 Å². The van der Waals surface area contributed by atoms with Gasteiger partial charge in [-0.05, 0) is 75.2 Å². The predicted octanol–water partition coefficient (Wildman–Crippen LogP) is 4.91. The summed E-state index contributed by atoms with van der Waals surface area (Å²) in [6, 6.07) is 9.89. The number of hydrogen-bond donors (Lipinski definition) is 1. The summed E-state index contributed by atoms with van der Waals surface area (Å²) in [6.07, 6.45) is 3.50. The molecule has 1 amide bonds. The number of nitrogens with zero attached hydrogens (tertiary/aromatic N) is 4. The molecule has 0 bridgehead atoms. The highest BCUT2D eigenvalue weighted by atomic mass is 32.2. The standard InChI is InChI=1S/C23H25N5O2S/c1-5-9-20-26-28-21(24)17(22(29)25-23(28)31-20)13-16-12-14(3)27(15(16)4)18-10-7-8-11-19(18)30-6-2/h7-8,10-13,24H,5-6,9H2,1-4H3/b17-13-,24-21?. The predicted molar refractivity (Wildman–Crippen MR) is 126 cm³/mol. The Morgan fingerprint density at radius 2 is 2.00 bits per heavy atom. The maximum atomic E-state index is 12.7. The number of rotatable bonds is 6. The first-order valence-corrected chi connectivity index (χ1v) is 11.2. The highest BCUT2D eigenvalue weighted by molar-refractivity contribution is 8.26. The Bertz CT molecular complexity index is 1160. The van der Waals surface area contributed by atoms with E-state index in [1.54, 1.807) is 6.08 Å². The lowest BCUT2D eigenvalue weighted by Gasteiger charge is -2.20. The molecular weight excluding hydrogens is 410 g/mol. The zero-order chi connectivity index (χ0) is 22.1. The zero-order valence-corrected chi connectivity index (χ0v) is 18.9. The molecule has 0 spiro atoms. The summed E-state index contributed by atoms with van der Waals surface area (Å²) in [5.41, 5.74) is 4.01. The van der Waals surface area contributed by atoms with Crippen LogP contribution in [0, 0.1) is 19.3 Å². The zero-order valence-electron chi connectivity index (χ0n) is 18.1. The Hall–Kier alpha value is -3.13. The van der Waals surface area contributed by atoms with Gasteiger partial charge in [-0.15, -0.1) is 0 Å². The Kier molecular flexibility index (Phi) is 5.82. The fourth-order valence-corrected chi connectivity index (χ4v) is 4.71. The van der Waals surface area contributed by atoms with Crippen molar-refractivity contribution < 1.29 is 9.53 Å². The molecule has 0 radical (unpaired) electrons. The number of nitrogens with one attached hydrogen (secondary N) is 1. The van der Waals surface area contributed by atoms with Gasteiger partial charge in [-0.3, -0.25) is 10.2 Å². The third kappa shape index (κ3) is 3.83. The summed E-state index contributed by atoms with van der Waals surface area (Å²) >= 11 is 1.37. The third-order valence-electron chi connectivity index (χ3n) is 5.14. The van der Waals surface area contributed by atoms with Crippen molar-refractivity contribution in [3.63, 3.8) is 0 Å². The summed E-state index contributed by atoms with van der Waals surface area (Å²) in [4.78, 5) is 16.9. The van der Waals surface area contributed by atoms with Crippen LogP contribution in [0.15, 0.2) is 46.0 Å². The van der Waals surface area contributed by atoms with E-state index in [-0.39, 0.29) is 11.4 Å². The summed E-state index contributed by atoms with van der Waals surface area (Å²) < 4.78 is 7.91. The molecule has 0 fully saturated rings. The van der Waals surface area contributed by atoms with Crippen LogP contribution in [0.4, 0.5) is 0 Å². The van der Waals surface area contributed by atoms with Crippen LogP contribution in [0.5, 0.6) is 5.75 Å². The number of thioether (sulfide) groups is 1. The largest absolute Gasteiger partial charge is 0.492 e. The second-order valence-electron chi connectivity index (χ2n) is 7.33. The van der Waals surface area contributed by atoms with Crippen molar-refractivity contribution in [2.75, 3.05) is 6.61 Å². The summed E-state index contributed by atoms with van der Waals surface area (Å²) in [5.74, 6) is 0.456. The number of carbonyl (C=O) groups is 1. The average Bonchev–Trinajstić information content (AvgIpc) is 3.26. The number of aryl methyl sites for hydroxylation is 1. The van der Waals surface area contributed by atoms with Crippen LogP contribution in [0.25, 0.3) is 11.8 Å². The Morgan fingerprint density at radius 3 is 2.74 bits per heavy atom. The lowest BCUT2D eigenvalue weighted by atomic mass is 10.1. The van der Waals surface area contributed by atoms with Crippen molar-refractivity contribution in [1.29, 1.82) is 5.41 Å². The van der Waals surface area contributed by atoms with Gasteiger partial charge >= 0.3 is 0 Å². The van der Waals surface area contributed by atoms with E-state index in [0.717, 1.165) is 46.3 Å². The van der Waals surface area contributed by atoms with Gasteiger partial charge in [-0.2, -0.15) is 15.1 Å². The summed E-state index contributed by atoms with van der Waals surface area (Å²) in [5, 5.41) is 15.9. The minimum absolute atomic E-state index is 0.0631. The van der Waals surface area contributed by atoms with Gasteiger partial charge in [0.05, 0.1) is 17.9 Å². The van der Waals surface area contributed by atoms with Gasteiger partial charge in [0.1, 0.15) is 10.8 Å². The Morgan fingerprint density at radius 1 is 1.23 bits per heavy atom. The highest BCUT2D eigenvalue weighted by Gasteiger charge is 2.35. The lowest BCUT2D eigenvalue weighted by Crippen LogP contribution is -2.35. The molecule has 0 unspecified atom stereocenters. The first-order chi connectivity index (χ1) is 14.9. The van der Waals surface area contributed by atoms with Gasteiger partial charge in [0.2, 0.25) is 5.17 Å². The maximum Gasteiger partial charge on any atom is 0.283 e. The molecule has 0 aliphatic carbocycles. The molecule has 0 saturated heterocycles. The molecule has 3 heterocycles. The van der Waals surface area contributed by atoms with E-state index >= 15 is 0 Å². The normalized spacial score (nSPS) is 17.2. The van der Waals surface area contributed by atoms with Gasteiger partial charge < -0.3 is 9.30 Å². The van der Waals surface area contributed by atoms with Gasteiger partial charge in [-0.1, -0.05) is 19.1 Å². The molecule has 2 aliphatic rings. The minimum atomic E-state index is -0.406. The summed E-state index contributed by atoms with van der Waals surface area (Å²) in [6.45, 7) is 8.62. The average molecular weight is 436 g/mol. The van der Waals surface area contributed by atoms with Crippen LogP contribution in [-0.4, -0.2) is 38.1 Å². The quantitative estimate of drug-likeness (QED) is 0.654. The Balaban J connectivity index is 1.73. The van der Waals surface area contributed by atoms with Gasteiger partial charge in [0.15, 0.2) is 5.84 Å². The summed E-state index contributed by atoms with van der Waals surface area (Å²) in [7, 11) is 0. The number of amides is 1. The van der Waals surface area contributed by atoms with Crippen LogP contribution in [0.2, 0.25) is 0 Å². The first kappa shape index (κ1) is 21.1. The fraction of sp³-hybridized carbons (Fsp3) is 0.304. The van der Waals surface area contributed by atoms with Gasteiger partial charge in [-0.25, -0.2) is 0 Å². The Labute approximate surface area is 186 Å². The molecule has 160 valence electrons. The van der Waals surface area contributed by atoms with Crippen LogP contribution in [0.1, 0.15) is 43.6 Å². The number of carbonyl (C=O) groups excluding carboxylic acids is 1. The molecule has 0 saturated carbocycles. The van der Waals surface area contributed by atoms with Crippen molar-refractivity contribution >= 4 is 39.8 Å². The van der Waals surface area contributed by atoms with Crippen molar-refractivity contribution in [3.05, 3.63) is 52.9 Å². The van der Waals surface area contributed by atoms with E-state index < -0.39 is 5.91 Å². The van der Waals surface area contributed by atoms with E-state index in [4.69, 9.17) is 10.1 Å². The number of hydrogen-bond acceptors (Lipinski definition) is 5. The molecule has 4 rings (SSSR count). The van der Waals surface area contributed by atoms with Crippen LogP contribution >= 0.6 is 11.8 Å². The molecule has 1 aromatic heterocycles. The van der Waals surface area contributed by atoms with Crippen LogP contribution in [-0.2, 0) is 4.79 Å². The highest BCUT2D eigenvalue weighted by Crippen LogP contribution is 2.32. The molecule has 1 aromatic carbocycles. The number of ether oxygens (including phenoxy) is 1. The number of aromatic nitrogens is 1. The smallest absolute Gasteiger partial charge is 0.283 e. The van der Waals surface area contributed by atoms with E-state index in [2.05, 4.69) is 21.6 Å². The second-order valence-corrected chi connectivity index (χ2v) is 8.37. The molecule has 8 heteroatoms. The van der Waals surface area contributed by atoms with Gasteiger partial charge in [0, 0.05) is 11.4 Å². The number of hydrazone groups is 1. The van der Waals surface area contributed by atoms with E-state index in [0.29, 0.717) is 11.8 Å². The molecular formula is C23H25N5O2S. The van der Waals surface area contributed by atoms with Gasteiger partial charge in [0.25, 0.3) is 5.91 Å². The van der Waals surface area contributed by atoms with E-state index in [1.807, 2.05) is 51.1 Å². The second kappa shape index (κ2) is 8.55. The number of para-hydroxylation sites is 2.